The third kappa shape index (κ3) is 4.58. The van der Waals surface area contributed by atoms with Gasteiger partial charge in [-0.2, -0.15) is 0 Å². The number of carbonyl (C=O) groups is 3. The molecule has 3 amide bonds. The summed E-state index contributed by atoms with van der Waals surface area (Å²) in [5.74, 6) is 0.00669. The summed E-state index contributed by atoms with van der Waals surface area (Å²) < 4.78 is 5.94. The third-order valence-electron chi connectivity index (χ3n) is 5.79. The molecule has 8 heteroatoms. The highest BCUT2D eigenvalue weighted by atomic mass is 79.9. The van der Waals surface area contributed by atoms with Crippen molar-refractivity contribution in [1.82, 2.24) is 10.2 Å². The Hall–Kier alpha value is -2.87. The number of carbonyl (C=O) groups excluding carboxylic acids is 3. The molecule has 0 bridgehead atoms. The van der Waals surface area contributed by atoms with Gasteiger partial charge in [-0.15, -0.1) is 0 Å². The lowest BCUT2D eigenvalue weighted by atomic mass is 10.0. The second-order valence-corrected chi connectivity index (χ2v) is 8.64. The monoisotopic (exact) mass is 485 g/mol. The maximum absolute atomic E-state index is 12.5. The average molecular weight is 486 g/mol. The maximum atomic E-state index is 12.5. The molecular formula is C23H24BrN3O4. The van der Waals surface area contributed by atoms with Gasteiger partial charge in [-0.3, -0.25) is 19.3 Å². The number of amides is 3. The molecule has 0 atom stereocenters. The molecule has 2 aromatic rings. The van der Waals surface area contributed by atoms with Crippen LogP contribution in [0.4, 0.5) is 5.69 Å². The van der Waals surface area contributed by atoms with E-state index in [0.29, 0.717) is 11.1 Å². The van der Waals surface area contributed by atoms with Crippen molar-refractivity contribution in [1.29, 1.82) is 0 Å². The summed E-state index contributed by atoms with van der Waals surface area (Å²) in [4.78, 5) is 40.9. The van der Waals surface area contributed by atoms with Crippen LogP contribution in [0.1, 0.15) is 40.0 Å². The van der Waals surface area contributed by atoms with Gasteiger partial charge in [0.15, 0.2) is 0 Å². The molecule has 0 radical (unpaired) electrons. The van der Waals surface area contributed by atoms with Gasteiger partial charge >= 0.3 is 0 Å². The zero-order valence-electron chi connectivity index (χ0n) is 17.3. The van der Waals surface area contributed by atoms with E-state index in [1.165, 1.54) is 0 Å². The first-order chi connectivity index (χ1) is 15.0. The van der Waals surface area contributed by atoms with Gasteiger partial charge in [0.05, 0.1) is 18.2 Å². The number of hydrogen-bond donors (Lipinski definition) is 1. The van der Waals surface area contributed by atoms with Gasteiger partial charge in [0.1, 0.15) is 5.75 Å². The zero-order valence-corrected chi connectivity index (χ0v) is 18.9. The number of nitrogens with one attached hydrogen (secondary N) is 1. The minimum Gasteiger partial charge on any atom is -0.497 e. The lowest BCUT2D eigenvalue weighted by molar-refractivity contribution is -0.122. The van der Waals surface area contributed by atoms with Crippen molar-refractivity contribution in [3.8, 4) is 5.75 Å². The molecule has 1 fully saturated rings. The zero-order chi connectivity index (χ0) is 22.0. The SMILES string of the molecule is COc1ccc(N2CCC(NC(=O)CCN3C(=O)c4ccc(Br)cc4C3=O)CC2)cc1. The van der Waals surface area contributed by atoms with Gasteiger partial charge < -0.3 is 15.0 Å². The van der Waals surface area contributed by atoms with Gasteiger partial charge in [-0.25, -0.2) is 0 Å². The van der Waals surface area contributed by atoms with Crippen molar-refractivity contribution in [3.63, 3.8) is 0 Å². The first kappa shape index (κ1) is 21.4. The molecule has 0 spiro atoms. The number of piperidine rings is 1. The number of nitrogens with zero attached hydrogens (tertiary/aromatic N) is 2. The van der Waals surface area contributed by atoms with Crippen LogP contribution in [0.15, 0.2) is 46.9 Å². The standard InChI is InChI=1S/C23H24BrN3O4/c1-31-18-5-3-17(4-6-18)26-11-8-16(9-12-26)25-21(28)10-13-27-22(29)19-7-2-15(24)14-20(19)23(27)30/h2-7,14,16H,8-13H2,1H3,(H,25,28). The molecule has 2 aromatic carbocycles. The fraction of sp³-hybridized carbons (Fsp3) is 0.348. The number of hydrogen-bond acceptors (Lipinski definition) is 5. The normalized spacial score (nSPS) is 16.5. The minimum atomic E-state index is -0.345. The van der Waals surface area contributed by atoms with Crippen molar-refractivity contribution < 1.29 is 19.1 Å². The van der Waals surface area contributed by atoms with E-state index in [9.17, 15) is 14.4 Å². The van der Waals surface area contributed by atoms with Crippen LogP contribution in [0, 0.1) is 0 Å². The average Bonchev–Trinajstić information content (AvgIpc) is 3.02. The van der Waals surface area contributed by atoms with Crippen LogP contribution in [0.3, 0.4) is 0 Å². The van der Waals surface area contributed by atoms with Crippen LogP contribution in [0.25, 0.3) is 0 Å². The van der Waals surface area contributed by atoms with E-state index in [1.807, 2.05) is 24.3 Å². The van der Waals surface area contributed by atoms with E-state index in [0.717, 1.165) is 46.7 Å². The van der Waals surface area contributed by atoms with Gasteiger partial charge in [-0.1, -0.05) is 15.9 Å². The lowest BCUT2D eigenvalue weighted by Gasteiger charge is -2.34. The quantitative estimate of drug-likeness (QED) is 0.635. The Balaban J connectivity index is 1.25. The topological polar surface area (TPSA) is 79.0 Å². The van der Waals surface area contributed by atoms with Crippen molar-refractivity contribution in [2.24, 2.45) is 0 Å². The number of imide groups is 1. The Kier molecular flexibility index (Phi) is 6.27. The van der Waals surface area contributed by atoms with Crippen LogP contribution in [0.5, 0.6) is 5.75 Å². The summed E-state index contributed by atoms with van der Waals surface area (Å²) >= 11 is 3.32. The summed E-state index contributed by atoms with van der Waals surface area (Å²) in [7, 11) is 1.65. The predicted molar refractivity (Wildman–Crippen MR) is 120 cm³/mol. The van der Waals surface area contributed by atoms with E-state index < -0.39 is 0 Å². The Labute approximate surface area is 189 Å². The number of halogens is 1. The molecule has 0 unspecified atom stereocenters. The summed E-state index contributed by atoms with van der Waals surface area (Å²) in [5, 5.41) is 3.05. The summed E-state index contributed by atoms with van der Waals surface area (Å²) in [6.07, 6.45) is 1.79. The second kappa shape index (κ2) is 9.09. The molecule has 1 saturated heterocycles. The van der Waals surface area contributed by atoms with E-state index in [2.05, 4.69) is 26.1 Å². The number of anilines is 1. The smallest absolute Gasteiger partial charge is 0.261 e. The molecule has 162 valence electrons. The van der Waals surface area contributed by atoms with Crippen molar-refractivity contribution in [2.75, 3.05) is 31.6 Å². The van der Waals surface area contributed by atoms with Gasteiger partial charge in [-0.05, 0) is 55.3 Å². The Morgan fingerprint density at radius 2 is 1.74 bits per heavy atom. The van der Waals surface area contributed by atoms with Crippen molar-refractivity contribution >= 4 is 39.3 Å². The number of ether oxygens (including phenoxy) is 1. The Morgan fingerprint density at radius 3 is 2.42 bits per heavy atom. The van der Waals surface area contributed by atoms with Gasteiger partial charge in [0, 0.05) is 42.3 Å². The summed E-state index contributed by atoms with van der Waals surface area (Å²) in [6, 6.07) is 13.1. The van der Waals surface area contributed by atoms with Crippen LogP contribution in [-0.4, -0.2) is 55.4 Å². The molecule has 0 aliphatic carbocycles. The van der Waals surface area contributed by atoms with Crippen LogP contribution in [-0.2, 0) is 4.79 Å². The number of methoxy groups -OCH3 is 1. The van der Waals surface area contributed by atoms with E-state index >= 15 is 0 Å². The highest BCUT2D eigenvalue weighted by Gasteiger charge is 2.35. The van der Waals surface area contributed by atoms with Crippen molar-refractivity contribution in [3.05, 3.63) is 58.1 Å². The summed E-state index contributed by atoms with van der Waals surface area (Å²) in [6.45, 7) is 1.79. The third-order valence-corrected chi connectivity index (χ3v) is 6.29. The van der Waals surface area contributed by atoms with E-state index in [1.54, 1.807) is 25.3 Å². The molecule has 31 heavy (non-hydrogen) atoms. The number of benzene rings is 2. The molecule has 2 aliphatic heterocycles. The molecular weight excluding hydrogens is 462 g/mol. The molecule has 1 N–H and O–H groups in total. The van der Waals surface area contributed by atoms with Crippen LogP contribution >= 0.6 is 15.9 Å². The minimum absolute atomic E-state index is 0.0838. The van der Waals surface area contributed by atoms with Crippen molar-refractivity contribution in [2.45, 2.75) is 25.3 Å². The molecule has 0 aromatic heterocycles. The van der Waals surface area contributed by atoms with Crippen LogP contribution in [0.2, 0.25) is 0 Å². The molecule has 4 rings (SSSR count). The Bertz CT molecular complexity index is 1000. The van der Waals surface area contributed by atoms with E-state index in [-0.39, 0.29) is 36.7 Å². The van der Waals surface area contributed by atoms with E-state index in [4.69, 9.17) is 4.74 Å². The largest absolute Gasteiger partial charge is 0.497 e. The fourth-order valence-corrected chi connectivity index (χ4v) is 4.42. The molecule has 0 saturated carbocycles. The maximum Gasteiger partial charge on any atom is 0.261 e. The van der Waals surface area contributed by atoms with Crippen LogP contribution < -0.4 is 15.0 Å². The summed E-state index contributed by atoms with van der Waals surface area (Å²) in [5.41, 5.74) is 1.91. The number of rotatable bonds is 6. The predicted octanol–water partition coefficient (Wildman–Crippen LogP) is 3.23. The lowest BCUT2D eigenvalue weighted by Crippen LogP contribution is -2.45. The molecule has 2 heterocycles. The number of fused-ring (bicyclic) bond motifs is 1. The first-order valence-corrected chi connectivity index (χ1v) is 11.1. The molecule has 2 aliphatic rings. The van der Waals surface area contributed by atoms with Gasteiger partial charge in [0.2, 0.25) is 5.91 Å². The highest BCUT2D eigenvalue weighted by Crippen LogP contribution is 2.26. The second-order valence-electron chi connectivity index (χ2n) is 7.73. The highest BCUT2D eigenvalue weighted by molar-refractivity contribution is 9.10. The molecule has 7 nitrogen and oxygen atoms in total. The van der Waals surface area contributed by atoms with Gasteiger partial charge in [0.25, 0.3) is 11.8 Å². The Morgan fingerprint density at radius 1 is 1.06 bits per heavy atom. The first-order valence-electron chi connectivity index (χ1n) is 10.3. The fourth-order valence-electron chi connectivity index (χ4n) is 4.05.